The maximum atomic E-state index is 5.36. The molecule has 156 valence electrons. The molecule has 0 bridgehead atoms. The van der Waals surface area contributed by atoms with Gasteiger partial charge in [-0.05, 0) is 31.2 Å². The molecule has 3 rings (SSSR count). The second kappa shape index (κ2) is 9.71. The fourth-order valence-electron chi connectivity index (χ4n) is 3.30. The van der Waals surface area contributed by atoms with Crippen LogP contribution in [-0.2, 0) is 25.4 Å². The Kier molecular flexibility index (Phi) is 7.85. The summed E-state index contributed by atoms with van der Waals surface area (Å²) in [5.41, 5.74) is 1.15. The normalized spacial score (nSPS) is 17.7. The average Bonchev–Trinajstić information content (AvgIpc) is 3.32. The van der Waals surface area contributed by atoms with Gasteiger partial charge in [-0.15, -0.1) is 24.0 Å². The van der Waals surface area contributed by atoms with Crippen LogP contribution in [-0.4, -0.2) is 50.4 Å². The molecule has 0 spiro atoms. The first-order valence-corrected chi connectivity index (χ1v) is 9.69. The molecule has 1 atom stereocenters. The van der Waals surface area contributed by atoms with E-state index in [4.69, 9.17) is 9.52 Å². The van der Waals surface area contributed by atoms with E-state index < -0.39 is 0 Å². The summed E-state index contributed by atoms with van der Waals surface area (Å²) in [7, 11) is 1.96. The Morgan fingerprint density at radius 3 is 2.79 bits per heavy atom. The number of aryl methyl sites for hydroxylation is 1. The quantitative estimate of drug-likeness (QED) is 0.386. The zero-order valence-corrected chi connectivity index (χ0v) is 19.8. The van der Waals surface area contributed by atoms with Gasteiger partial charge in [-0.25, -0.2) is 4.99 Å². The van der Waals surface area contributed by atoms with Crippen molar-refractivity contribution in [2.75, 3.05) is 19.6 Å². The molecular formula is C19H32IN7O. The monoisotopic (exact) mass is 501 g/mol. The number of aliphatic imine (C=N–C) groups is 1. The Hall–Kier alpha value is -1.65. The number of guanidine groups is 1. The number of rotatable bonds is 5. The highest BCUT2D eigenvalue weighted by Crippen LogP contribution is 2.22. The van der Waals surface area contributed by atoms with Gasteiger partial charge in [0.1, 0.15) is 6.54 Å². The van der Waals surface area contributed by atoms with E-state index in [9.17, 15) is 0 Å². The van der Waals surface area contributed by atoms with E-state index in [-0.39, 0.29) is 29.4 Å². The molecule has 1 unspecified atom stereocenters. The highest BCUT2D eigenvalue weighted by molar-refractivity contribution is 14.0. The van der Waals surface area contributed by atoms with Crippen molar-refractivity contribution in [2.24, 2.45) is 18.0 Å². The van der Waals surface area contributed by atoms with Crippen LogP contribution in [0.1, 0.15) is 51.4 Å². The minimum Gasteiger partial charge on any atom is -0.357 e. The van der Waals surface area contributed by atoms with Crippen LogP contribution in [0.4, 0.5) is 0 Å². The molecule has 28 heavy (non-hydrogen) atoms. The first-order valence-electron chi connectivity index (χ1n) is 9.69. The molecular weight excluding hydrogens is 469 g/mol. The summed E-state index contributed by atoms with van der Waals surface area (Å²) in [6, 6.07) is 0. The maximum Gasteiger partial charge on any atom is 0.232 e. The lowest BCUT2D eigenvalue weighted by Gasteiger charge is -2.21. The maximum absolute atomic E-state index is 5.36. The fraction of sp³-hybridized carbons (Fsp3) is 0.684. The van der Waals surface area contributed by atoms with Crippen LogP contribution in [0.15, 0.2) is 21.9 Å². The van der Waals surface area contributed by atoms with Crippen LogP contribution in [0, 0.1) is 5.92 Å². The topological polar surface area (TPSA) is 84.4 Å². The van der Waals surface area contributed by atoms with E-state index in [0.29, 0.717) is 24.2 Å². The van der Waals surface area contributed by atoms with Crippen molar-refractivity contribution >= 4 is 29.9 Å². The molecule has 0 aromatic carbocycles. The Labute approximate surface area is 184 Å². The molecule has 1 aliphatic heterocycles. The third-order valence-corrected chi connectivity index (χ3v) is 4.68. The zero-order chi connectivity index (χ0) is 19.4. The molecule has 1 aliphatic rings. The van der Waals surface area contributed by atoms with Crippen LogP contribution >= 0.6 is 24.0 Å². The van der Waals surface area contributed by atoms with Crippen molar-refractivity contribution in [2.45, 2.75) is 52.5 Å². The first-order chi connectivity index (χ1) is 12.8. The van der Waals surface area contributed by atoms with E-state index in [0.717, 1.165) is 38.4 Å². The lowest BCUT2D eigenvalue weighted by molar-refractivity contribution is 0.318. The van der Waals surface area contributed by atoms with Crippen molar-refractivity contribution in [3.63, 3.8) is 0 Å². The summed E-state index contributed by atoms with van der Waals surface area (Å²) in [4.78, 5) is 11.5. The summed E-state index contributed by atoms with van der Waals surface area (Å²) in [6.07, 6.45) is 6.29. The van der Waals surface area contributed by atoms with Gasteiger partial charge in [0.25, 0.3) is 0 Å². The predicted molar refractivity (Wildman–Crippen MR) is 120 cm³/mol. The van der Waals surface area contributed by atoms with E-state index in [1.165, 1.54) is 5.56 Å². The minimum absolute atomic E-state index is 0. The molecule has 2 aromatic heterocycles. The van der Waals surface area contributed by atoms with Crippen molar-refractivity contribution in [1.82, 2.24) is 30.1 Å². The second-order valence-corrected chi connectivity index (χ2v) is 8.26. The molecule has 0 aliphatic carbocycles. The van der Waals surface area contributed by atoms with Gasteiger partial charge in [0.15, 0.2) is 11.8 Å². The number of nitrogens with one attached hydrogen (secondary N) is 1. The minimum atomic E-state index is -0.145. The highest BCUT2D eigenvalue weighted by Gasteiger charge is 2.26. The van der Waals surface area contributed by atoms with Crippen LogP contribution in [0.25, 0.3) is 0 Å². The molecule has 8 nitrogen and oxygen atoms in total. The van der Waals surface area contributed by atoms with Gasteiger partial charge in [-0.3, -0.25) is 4.68 Å². The number of likely N-dealkylation sites (tertiary alicyclic amines) is 1. The largest absolute Gasteiger partial charge is 0.357 e. The molecule has 2 aromatic rings. The number of hydrogen-bond acceptors (Lipinski definition) is 5. The van der Waals surface area contributed by atoms with E-state index >= 15 is 0 Å². The zero-order valence-electron chi connectivity index (χ0n) is 17.5. The molecule has 0 amide bonds. The van der Waals surface area contributed by atoms with Crippen LogP contribution in [0.3, 0.4) is 0 Å². The summed E-state index contributed by atoms with van der Waals surface area (Å²) < 4.78 is 7.23. The standard InChI is InChI=1S/C19H31N7O.HI/c1-6-20-18(21-11-16-23-17(27-24-16)19(2,3)4)26-8-7-14(13-26)9-15-10-22-25(5)12-15;/h10,12,14H,6-9,11,13H2,1-5H3,(H,20,21);1H. The number of nitrogens with zero attached hydrogens (tertiary/aromatic N) is 6. The van der Waals surface area contributed by atoms with Gasteiger partial charge in [-0.1, -0.05) is 25.9 Å². The van der Waals surface area contributed by atoms with Gasteiger partial charge in [0, 0.05) is 38.3 Å². The lowest BCUT2D eigenvalue weighted by atomic mass is 9.97. The van der Waals surface area contributed by atoms with Gasteiger partial charge in [0.05, 0.1) is 6.20 Å². The predicted octanol–water partition coefficient (Wildman–Crippen LogP) is 2.75. The molecule has 3 heterocycles. The third kappa shape index (κ3) is 5.92. The van der Waals surface area contributed by atoms with E-state index in [1.807, 2.05) is 17.9 Å². The molecule has 1 N–H and O–H groups in total. The number of aromatic nitrogens is 4. The van der Waals surface area contributed by atoms with E-state index in [1.54, 1.807) is 0 Å². The smallest absolute Gasteiger partial charge is 0.232 e. The highest BCUT2D eigenvalue weighted by atomic mass is 127. The third-order valence-electron chi connectivity index (χ3n) is 4.68. The van der Waals surface area contributed by atoms with Crippen molar-refractivity contribution < 1.29 is 4.52 Å². The van der Waals surface area contributed by atoms with Crippen molar-refractivity contribution in [3.8, 4) is 0 Å². The summed E-state index contributed by atoms with van der Waals surface area (Å²) in [5.74, 6) is 2.82. The molecule has 0 radical (unpaired) electrons. The summed E-state index contributed by atoms with van der Waals surface area (Å²) >= 11 is 0. The van der Waals surface area contributed by atoms with Gasteiger partial charge in [-0.2, -0.15) is 10.1 Å². The van der Waals surface area contributed by atoms with E-state index in [2.05, 4.69) is 59.3 Å². The number of hydrogen-bond donors (Lipinski definition) is 1. The summed E-state index contributed by atoms with van der Waals surface area (Å²) in [5, 5.41) is 11.7. The van der Waals surface area contributed by atoms with Crippen molar-refractivity contribution in [3.05, 3.63) is 29.7 Å². The van der Waals surface area contributed by atoms with Gasteiger partial charge >= 0.3 is 0 Å². The summed E-state index contributed by atoms with van der Waals surface area (Å²) in [6.45, 7) is 11.5. The Bertz CT molecular complexity index is 777. The lowest BCUT2D eigenvalue weighted by Crippen LogP contribution is -2.40. The Balaban J connectivity index is 0.00000280. The van der Waals surface area contributed by atoms with Crippen LogP contribution < -0.4 is 5.32 Å². The van der Waals surface area contributed by atoms with Crippen molar-refractivity contribution in [1.29, 1.82) is 0 Å². The SMILES string of the molecule is CCNC(=NCc1noc(C(C)(C)C)n1)N1CCC(Cc2cnn(C)c2)C1.I. The second-order valence-electron chi connectivity index (χ2n) is 8.26. The number of halogens is 1. The Morgan fingerprint density at radius 2 is 2.18 bits per heavy atom. The van der Waals surface area contributed by atoms with Crippen LogP contribution in [0.5, 0.6) is 0 Å². The molecule has 0 saturated carbocycles. The Morgan fingerprint density at radius 1 is 1.39 bits per heavy atom. The molecule has 1 fully saturated rings. The molecule has 1 saturated heterocycles. The van der Waals surface area contributed by atoms with Gasteiger partial charge in [0.2, 0.25) is 5.89 Å². The first kappa shape index (κ1) is 22.6. The van der Waals surface area contributed by atoms with Crippen LogP contribution in [0.2, 0.25) is 0 Å². The molecule has 9 heteroatoms. The van der Waals surface area contributed by atoms with Gasteiger partial charge < -0.3 is 14.7 Å². The average molecular weight is 501 g/mol. The fourth-order valence-corrected chi connectivity index (χ4v) is 3.30.